The van der Waals surface area contributed by atoms with Crippen molar-refractivity contribution < 1.29 is 5.11 Å². The Kier molecular flexibility index (Phi) is 3.02. The molecule has 0 aromatic carbocycles. The zero-order valence-electron chi connectivity index (χ0n) is 10.5. The Morgan fingerprint density at radius 2 is 2.12 bits per heavy atom. The van der Waals surface area contributed by atoms with Crippen molar-refractivity contribution in [3.8, 4) is 5.69 Å². The van der Waals surface area contributed by atoms with E-state index in [1.165, 1.54) is 0 Å². The van der Waals surface area contributed by atoms with Crippen LogP contribution in [0, 0.1) is 0 Å². The van der Waals surface area contributed by atoms with Crippen LogP contribution >= 0.6 is 0 Å². The van der Waals surface area contributed by atoms with Crippen molar-refractivity contribution in [3.05, 3.63) is 30.4 Å². The molecular weight excluding hydrogens is 216 g/mol. The molecule has 0 atom stereocenters. The van der Waals surface area contributed by atoms with E-state index in [0.29, 0.717) is 6.54 Å². The number of aliphatic hydroxyl groups excluding tert-OH is 1. The number of hydrogen-bond donors (Lipinski definition) is 1. The van der Waals surface area contributed by atoms with Gasteiger partial charge in [0.25, 0.3) is 0 Å². The van der Waals surface area contributed by atoms with Crippen LogP contribution < -0.4 is 0 Å². The average molecular weight is 234 g/mol. The van der Waals surface area contributed by atoms with E-state index in [1.807, 2.05) is 23.1 Å². The van der Waals surface area contributed by atoms with E-state index in [0.717, 1.165) is 11.4 Å². The van der Waals surface area contributed by atoms with Crippen LogP contribution in [-0.2, 0) is 12.0 Å². The fourth-order valence-corrected chi connectivity index (χ4v) is 1.56. The summed E-state index contributed by atoms with van der Waals surface area (Å²) in [7, 11) is 0. The lowest BCUT2D eigenvalue weighted by Crippen LogP contribution is -2.12. The van der Waals surface area contributed by atoms with Gasteiger partial charge in [-0.3, -0.25) is 4.68 Å². The van der Waals surface area contributed by atoms with Crippen LogP contribution in [0.1, 0.15) is 26.5 Å². The van der Waals surface area contributed by atoms with Crippen molar-refractivity contribution in [2.45, 2.75) is 32.7 Å². The number of nitrogens with zero attached hydrogens (tertiary/aromatic N) is 4. The smallest absolute Gasteiger partial charge is 0.102 e. The molecule has 2 aromatic rings. The Balaban J connectivity index is 2.24. The van der Waals surface area contributed by atoms with E-state index in [2.05, 4.69) is 31.0 Å². The minimum absolute atomic E-state index is 0.0480. The molecule has 0 amide bonds. The van der Waals surface area contributed by atoms with E-state index >= 15 is 0 Å². The van der Waals surface area contributed by atoms with Crippen LogP contribution in [0.15, 0.2) is 24.7 Å². The van der Waals surface area contributed by atoms with Crippen LogP contribution in [0.5, 0.6) is 0 Å². The largest absolute Gasteiger partial charge is 0.394 e. The molecule has 0 saturated heterocycles. The first kappa shape index (κ1) is 11.9. The minimum Gasteiger partial charge on any atom is -0.394 e. The van der Waals surface area contributed by atoms with Gasteiger partial charge in [-0.05, 0) is 6.07 Å². The van der Waals surface area contributed by atoms with Gasteiger partial charge >= 0.3 is 0 Å². The Labute approximate surface area is 101 Å². The van der Waals surface area contributed by atoms with Gasteiger partial charge < -0.3 is 5.11 Å². The SMILES string of the molecule is CC(C)(C)c1ccn(-c2cnn(CCO)c2)n1. The number of rotatable bonds is 3. The van der Waals surface area contributed by atoms with Crippen LogP contribution in [0.4, 0.5) is 0 Å². The van der Waals surface area contributed by atoms with E-state index < -0.39 is 0 Å². The zero-order valence-corrected chi connectivity index (χ0v) is 10.5. The molecule has 0 saturated carbocycles. The lowest BCUT2D eigenvalue weighted by atomic mass is 9.93. The van der Waals surface area contributed by atoms with Gasteiger partial charge in [0.05, 0.1) is 31.2 Å². The molecule has 0 unspecified atom stereocenters. The summed E-state index contributed by atoms with van der Waals surface area (Å²) >= 11 is 0. The quantitative estimate of drug-likeness (QED) is 0.872. The second-order valence-corrected chi connectivity index (χ2v) is 5.08. The fourth-order valence-electron chi connectivity index (χ4n) is 1.56. The Morgan fingerprint density at radius 3 is 2.71 bits per heavy atom. The van der Waals surface area contributed by atoms with Crippen molar-refractivity contribution >= 4 is 0 Å². The van der Waals surface area contributed by atoms with Gasteiger partial charge in [-0.25, -0.2) is 4.68 Å². The summed E-state index contributed by atoms with van der Waals surface area (Å²) in [6, 6.07) is 2.02. The monoisotopic (exact) mass is 234 g/mol. The van der Waals surface area contributed by atoms with E-state index in [1.54, 1.807) is 10.9 Å². The third kappa shape index (κ3) is 2.55. The first-order chi connectivity index (χ1) is 8.00. The van der Waals surface area contributed by atoms with Gasteiger partial charge in [0.1, 0.15) is 5.69 Å². The fraction of sp³-hybridized carbons (Fsp3) is 0.500. The van der Waals surface area contributed by atoms with Crippen molar-refractivity contribution in [1.82, 2.24) is 19.6 Å². The molecule has 17 heavy (non-hydrogen) atoms. The molecule has 92 valence electrons. The Bertz CT molecular complexity index is 493. The topological polar surface area (TPSA) is 55.9 Å². The summed E-state index contributed by atoms with van der Waals surface area (Å²) in [5, 5.41) is 17.5. The summed E-state index contributed by atoms with van der Waals surface area (Å²) in [6.45, 7) is 7.00. The van der Waals surface area contributed by atoms with E-state index in [9.17, 15) is 0 Å². The Hall–Kier alpha value is -1.62. The van der Waals surface area contributed by atoms with Crippen LogP contribution in [0.3, 0.4) is 0 Å². The summed E-state index contributed by atoms with van der Waals surface area (Å²) in [4.78, 5) is 0. The normalized spacial score (nSPS) is 12.0. The zero-order chi connectivity index (χ0) is 12.5. The number of aliphatic hydroxyl groups is 1. The van der Waals surface area contributed by atoms with Crippen molar-refractivity contribution in [2.24, 2.45) is 0 Å². The average Bonchev–Trinajstić information content (AvgIpc) is 2.82. The highest BCUT2D eigenvalue weighted by Gasteiger charge is 2.17. The molecule has 2 rings (SSSR count). The standard InChI is InChI=1S/C12H18N4O/c1-12(2,3)11-4-5-16(14-11)10-8-13-15(9-10)6-7-17/h4-5,8-9,17H,6-7H2,1-3H3. The molecule has 5 nitrogen and oxygen atoms in total. The summed E-state index contributed by atoms with van der Waals surface area (Å²) in [5.41, 5.74) is 2.01. The lowest BCUT2D eigenvalue weighted by Gasteiger charge is -2.14. The van der Waals surface area contributed by atoms with Gasteiger partial charge in [-0.15, -0.1) is 0 Å². The third-order valence-corrected chi connectivity index (χ3v) is 2.57. The summed E-state index contributed by atoms with van der Waals surface area (Å²) in [6.07, 6.45) is 5.55. The number of aromatic nitrogens is 4. The maximum atomic E-state index is 8.83. The Morgan fingerprint density at radius 1 is 1.35 bits per heavy atom. The van der Waals surface area contributed by atoms with Gasteiger partial charge in [-0.1, -0.05) is 20.8 Å². The molecule has 0 radical (unpaired) electrons. The molecule has 0 spiro atoms. The molecule has 1 N–H and O–H groups in total. The van der Waals surface area contributed by atoms with Crippen LogP contribution in [0.2, 0.25) is 0 Å². The maximum absolute atomic E-state index is 8.83. The second kappa shape index (κ2) is 4.33. The summed E-state index contributed by atoms with van der Waals surface area (Å²) in [5.74, 6) is 0. The van der Waals surface area contributed by atoms with Crippen molar-refractivity contribution in [1.29, 1.82) is 0 Å². The van der Waals surface area contributed by atoms with Gasteiger partial charge in [0, 0.05) is 11.6 Å². The van der Waals surface area contributed by atoms with E-state index in [-0.39, 0.29) is 12.0 Å². The molecule has 2 heterocycles. The van der Waals surface area contributed by atoms with Gasteiger partial charge in [-0.2, -0.15) is 10.2 Å². The highest BCUT2D eigenvalue weighted by Crippen LogP contribution is 2.20. The predicted octanol–water partition coefficient (Wildman–Crippen LogP) is 1.36. The van der Waals surface area contributed by atoms with Crippen LogP contribution in [0.25, 0.3) is 5.69 Å². The lowest BCUT2D eigenvalue weighted by molar-refractivity contribution is 0.269. The summed E-state index contributed by atoms with van der Waals surface area (Å²) < 4.78 is 3.51. The van der Waals surface area contributed by atoms with Crippen molar-refractivity contribution in [2.75, 3.05) is 6.61 Å². The molecule has 0 bridgehead atoms. The molecule has 0 aliphatic carbocycles. The molecule has 2 aromatic heterocycles. The minimum atomic E-state index is 0.0480. The molecule has 0 fully saturated rings. The first-order valence-electron chi connectivity index (χ1n) is 5.70. The molecule has 5 heteroatoms. The maximum Gasteiger partial charge on any atom is 0.102 e. The molecular formula is C12H18N4O. The van der Waals surface area contributed by atoms with Crippen LogP contribution in [-0.4, -0.2) is 31.3 Å². The first-order valence-corrected chi connectivity index (χ1v) is 5.70. The van der Waals surface area contributed by atoms with Gasteiger partial charge in [0.15, 0.2) is 0 Å². The highest BCUT2D eigenvalue weighted by molar-refractivity contribution is 5.25. The third-order valence-electron chi connectivity index (χ3n) is 2.57. The second-order valence-electron chi connectivity index (χ2n) is 5.08. The van der Waals surface area contributed by atoms with E-state index in [4.69, 9.17) is 5.11 Å². The molecule has 0 aliphatic rings. The number of hydrogen-bond acceptors (Lipinski definition) is 3. The highest BCUT2D eigenvalue weighted by atomic mass is 16.3. The predicted molar refractivity (Wildman–Crippen MR) is 65.1 cm³/mol. The van der Waals surface area contributed by atoms with Crippen molar-refractivity contribution in [3.63, 3.8) is 0 Å². The van der Waals surface area contributed by atoms with Gasteiger partial charge in [0.2, 0.25) is 0 Å². The molecule has 0 aliphatic heterocycles.